The number of phenolic OH excluding ortho intramolecular Hbond substituents is 1. The van der Waals surface area contributed by atoms with Crippen LogP contribution in [-0.2, 0) is 11.8 Å². The minimum absolute atomic E-state index is 0.158. The van der Waals surface area contributed by atoms with Crippen LogP contribution in [0, 0.1) is 17.6 Å². The van der Waals surface area contributed by atoms with Gasteiger partial charge in [0.05, 0.1) is 0 Å². The molecular weight excluding hydrogens is 222 g/mol. The number of phenols is 1. The monoisotopic (exact) mass is 238 g/mol. The van der Waals surface area contributed by atoms with E-state index in [0.717, 1.165) is 31.7 Å². The van der Waals surface area contributed by atoms with Gasteiger partial charge in [-0.15, -0.1) is 0 Å². The van der Waals surface area contributed by atoms with Crippen LogP contribution in [-0.4, -0.2) is 5.11 Å². The van der Waals surface area contributed by atoms with Gasteiger partial charge in [0.25, 0.3) is 0 Å². The van der Waals surface area contributed by atoms with E-state index in [1.54, 1.807) is 0 Å². The lowest BCUT2D eigenvalue weighted by atomic mass is 9.93. The number of fused-ring (bicyclic) bond motifs is 2. The van der Waals surface area contributed by atoms with E-state index in [0.29, 0.717) is 23.5 Å². The number of aromatic hydroxyl groups is 1. The molecule has 1 fully saturated rings. The summed E-state index contributed by atoms with van der Waals surface area (Å²) in [5.74, 6) is -1.09. The van der Waals surface area contributed by atoms with E-state index in [2.05, 4.69) is 6.92 Å². The lowest BCUT2D eigenvalue weighted by Crippen LogP contribution is -2.08. The summed E-state index contributed by atoms with van der Waals surface area (Å²) in [5, 5.41) is 9.43. The molecule has 0 aliphatic heterocycles. The Morgan fingerprint density at radius 3 is 2.94 bits per heavy atom. The van der Waals surface area contributed by atoms with Gasteiger partial charge in [-0.3, -0.25) is 0 Å². The van der Waals surface area contributed by atoms with Crippen LogP contribution >= 0.6 is 0 Å². The van der Waals surface area contributed by atoms with Gasteiger partial charge in [0.2, 0.25) is 0 Å². The summed E-state index contributed by atoms with van der Waals surface area (Å²) >= 11 is 0. The first kappa shape index (κ1) is 11.0. The fraction of sp³-hybridized carbons (Fsp3) is 0.571. The molecule has 0 radical (unpaired) electrons. The van der Waals surface area contributed by atoms with Gasteiger partial charge in [0, 0.05) is 17.0 Å². The molecule has 1 spiro atoms. The molecule has 1 N–H and O–H groups in total. The van der Waals surface area contributed by atoms with Gasteiger partial charge in [0.1, 0.15) is 5.82 Å². The first-order valence-corrected chi connectivity index (χ1v) is 6.30. The zero-order valence-corrected chi connectivity index (χ0v) is 9.89. The summed E-state index contributed by atoms with van der Waals surface area (Å²) < 4.78 is 27.7. The fourth-order valence-electron chi connectivity index (χ4n) is 3.61. The van der Waals surface area contributed by atoms with Crippen LogP contribution in [0.4, 0.5) is 8.78 Å². The van der Waals surface area contributed by atoms with Gasteiger partial charge in [-0.05, 0) is 37.2 Å². The molecule has 2 atom stereocenters. The first-order valence-electron chi connectivity index (χ1n) is 6.30. The third kappa shape index (κ3) is 1.34. The largest absolute Gasteiger partial charge is 0.505 e. The molecule has 3 rings (SSSR count). The number of halogens is 2. The fourth-order valence-corrected chi connectivity index (χ4v) is 3.61. The van der Waals surface area contributed by atoms with Gasteiger partial charge in [0.15, 0.2) is 11.6 Å². The topological polar surface area (TPSA) is 20.2 Å². The van der Waals surface area contributed by atoms with Crippen molar-refractivity contribution in [2.45, 2.75) is 44.4 Å². The van der Waals surface area contributed by atoms with Crippen molar-refractivity contribution in [3.63, 3.8) is 0 Å². The minimum Gasteiger partial charge on any atom is -0.505 e. The van der Waals surface area contributed by atoms with Crippen LogP contribution in [0.15, 0.2) is 6.07 Å². The lowest BCUT2D eigenvalue weighted by molar-refractivity contribution is 0.416. The molecule has 1 saturated carbocycles. The van der Waals surface area contributed by atoms with Gasteiger partial charge >= 0.3 is 0 Å². The highest BCUT2D eigenvalue weighted by Crippen LogP contribution is 2.64. The Morgan fingerprint density at radius 1 is 1.47 bits per heavy atom. The molecule has 92 valence electrons. The number of rotatable bonds is 2. The van der Waals surface area contributed by atoms with Crippen molar-refractivity contribution < 1.29 is 13.9 Å². The molecule has 2 aliphatic rings. The predicted molar refractivity (Wildman–Crippen MR) is 61.0 cm³/mol. The van der Waals surface area contributed by atoms with Crippen molar-refractivity contribution in [1.29, 1.82) is 0 Å². The molecular formula is C14H16F2O. The molecule has 0 saturated heterocycles. The first-order chi connectivity index (χ1) is 8.10. The third-order valence-electron chi connectivity index (χ3n) is 4.49. The molecule has 1 aromatic carbocycles. The number of hydrogen-bond donors (Lipinski definition) is 1. The summed E-state index contributed by atoms with van der Waals surface area (Å²) in [6, 6.07) is 0.907. The maximum Gasteiger partial charge on any atom is 0.169 e. The Morgan fingerprint density at radius 2 is 2.24 bits per heavy atom. The predicted octanol–water partition coefficient (Wildman–Crippen LogP) is 3.67. The summed E-state index contributed by atoms with van der Waals surface area (Å²) in [6.07, 6.45) is 4.54. The smallest absolute Gasteiger partial charge is 0.169 e. The second-order valence-corrected chi connectivity index (χ2v) is 5.39. The molecule has 0 amide bonds. The Labute approximate surface area is 99.5 Å². The van der Waals surface area contributed by atoms with Crippen LogP contribution in [0.2, 0.25) is 0 Å². The molecule has 3 heteroatoms. The van der Waals surface area contributed by atoms with Crippen molar-refractivity contribution in [2.75, 3.05) is 0 Å². The standard InChI is InChI=1S/C14H16F2O/c1-2-3-8-7-14(8)5-4-9-10(15)6-11(17)13(16)12(9)14/h6,8,17H,2-5,7H2,1H3. The van der Waals surface area contributed by atoms with Gasteiger partial charge in [-0.1, -0.05) is 13.3 Å². The Balaban J connectivity index is 2.09. The minimum atomic E-state index is -0.586. The number of hydrogen-bond acceptors (Lipinski definition) is 1. The zero-order chi connectivity index (χ0) is 12.2. The van der Waals surface area contributed by atoms with Gasteiger partial charge in [-0.25, -0.2) is 8.78 Å². The Hall–Kier alpha value is -1.12. The highest BCUT2D eigenvalue weighted by molar-refractivity contribution is 5.50. The summed E-state index contributed by atoms with van der Waals surface area (Å²) in [4.78, 5) is 0. The van der Waals surface area contributed by atoms with E-state index in [4.69, 9.17) is 0 Å². The van der Waals surface area contributed by atoms with Crippen molar-refractivity contribution in [2.24, 2.45) is 5.92 Å². The summed E-state index contributed by atoms with van der Waals surface area (Å²) in [5.41, 5.74) is 0.821. The van der Waals surface area contributed by atoms with Crippen LogP contribution < -0.4 is 0 Å². The van der Waals surface area contributed by atoms with E-state index >= 15 is 0 Å². The Kier molecular flexibility index (Phi) is 2.22. The molecule has 0 bridgehead atoms. The second-order valence-electron chi connectivity index (χ2n) is 5.39. The summed E-state index contributed by atoms with van der Waals surface area (Å²) in [6.45, 7) is 2.11. The SMILES string of the molecule is CCCC1CC12CCc1c(F)cc(O)c(F)c12. The van der Waals surface area contributed by atoms with Crippen molar-refractivity contribution in [3.8, 4) is 5.75 Å². The van der Waals surface area contributed by atoms with Crippen LogP contribution in [0.3, 0.4) is 0 Å². The zero-order valence-electron chi connectivity index (χ0n) is 9.89. The normalized spacial score (nSPS) is 29.7. The molecule has 1 aromatic rings. The Bertz CT molecular complexity index is 484. The molecule has 17 heavy (non-hydrogen) atoms. The van der Waals surface area contributed by atoms with Crippen molar-refractivity contribution in [1.82, 2.24) is 0 Å². The van der Waals surface area contributed by atoms with E-state index in [1.807, 2.05) is 0 Å². The maximum atomic E-state index is 14.0. The highest BCUT2D eigenvalue weighted by Gasteiger charge is 2.59. The maximum absolute atomic E-state index is 14.0. The van der Waals surface area contributed by atoms with Crippen LogP contribution in [0.1, 0.15) is 43.7 Å². The van der Waals surface area contributed by atoms with E-state index < -0.39 is 17.4 Å². The van der Waals surface area contributed by atoms with Gasteiger partial charge < -0.3 is 5.11 Å². The molecule has 2 aliphatic carbocycles. The average Bonchev–Trinajstić information content (AvgIpc) is 2.81. The lowest BCUT2D eigenvalue weighted by Gasteiger charge is -2.13. The highest BCUT2D eigenvalue weighted by atomic mass is 19.1. The molecule has 0 heterocycles. The van der Waals surface area contributed by atoms with Gasteiger partial charge in [-0.2, -0.15) is 0 Å². The quantitative estimate of drug-likeness (QED) is 0.833. The molecule has 1 nitrogen and oxygen atoms in total. The van der Waals surface area contributed by atoms with Crippen molar-refractivity contribution in [3.05, 3.63) is 28.8 Å². The van der Waals surface area contributed by atoms with E-state index in [9.17, 15) is 13.9 Å². The summed E-state index contributed by atoms with van der Waals surface area (Å²) in [7, 11) is 0. The van der Waals surface area contributed by atoms with Crippen molar-refractivity contribution >= 4 is 0 Å². The molecule has 0 aromatic heterocycles. The molecule has 2 unspecified atom stereocenters. The third-order valence-corrected chi connectivity index (χ3v) is 4.49. The number of benzene rings is 1. The average molecular weight is 238 g/mol. The second kappa shape index (κ2) is 3.44. The van der Waals surface area contributed by atoms with E-state index in [1.165, 1.54) is 0 Å². The van der Waals surface area contributed by atoms with E-state index in [-0.39, 0.29) is 5.41 Å². The van der Waals surface area contributed by atoms with Crippen LogP contribution in [0.25, 0.3) is 0 Å². The van der Waals surface area contributed by atoms with Crippen LogP contribution in [0.5, 0.6) is 5.75 Å².